The van der Waals surface area contributed by atoms with Crippen LogP contribution in [0.1, 0.15) is 13.3 Å². The van der Waals surface area contributed by atoms with E-state index in [2.05, 4.69) is 4.90 Å². The number of anilines is 2. The van der Waals surface area contributed by atoms with Crippen molar-refractivity contribution in [2.45, 2.75) is 13.3 Å². The second-order valence-corrected chi connectivity index (χ2v) is 4.81. The van der Waals surface area contributed by atoms with Crippen LogP contribution >= 0.6 is 11.6 Å². The molecule has 5 heteroatoms. The highest BCUT2D eigenvalue weighted by atomic mass is 35.5. The van der Waals surface area contributed by atoms with Gasteiger partial charge in [-0.15, -0.1) is 0 Å². The van der Waals surface area contributed by atoms with Crippen molar-refractivity contribution < 1.29 is 4.79 Å². The molecule has 1 fully saturated rings. The van der Waals surface area contributed by atoms with Gasteiger partial charge in [0, 0.05) is 32.6 Å². The Morgan fingerprint density at radius 2 is 2.00 bits per heavy atom. The summed E-state index contributed by atoms with van der Waals surface area (Å²) in [4.78, 5) is 15.6. The smallest absolute Gasteiger partial charge is 0.222 e. The molecule has 0 aromatic heterocycles. The van der Waals surface area contributed by atoms with Crippen molar-refractivity contribution in [3.63, 3.8) is 0 Å². The van der Waals surface area contributed by atoms with E-state index in [1.54, 1.807) is 0 Å². The molecule has 1 aromatic carbocycles. The number of piperazine rings is 1. The standard InChI is InChI=1S/C13H18ClN3O/c1-2-12(18)16-6-8-17(9-7-16)13-10(14)4-3-5-11(13)15/h3-5H,2,6-9,15H2,1H3. The van der Waals surface area contributed by atoms with Crippen molar-refractivity contribution in [3.8, 4) is 0 Å². The molecule has 1 saturated heterocycles. The number of carbonyl (C=O) groups excluding carboxylic acids is 1. The number of para-hydroxylation sites is 1. The number of rotatable bonds is 2. The molecule has 2 N–H and O–H groups in total. The Kier molecular flexibility index (Phi) is 3.97. The lowest BCUT2D eigenvalue weighted by Crippen LogP contribution is -2.48. The Balaban J connectivity index is 2.08. The molecule has 98 valence electrons. The van der Waals surface area contributed by atoms with Crippen molar-refractivity contribution in [1.29, 1.82) is 0 Å². The van der Waals surface area contributed by atoms with Gasteiger partial charge in [0.2, 0.25) is 5.91 Å². The lowest BCUT2D eigenvalue weighted by atomic mass is 10.2. The molecule has 1 heterocycles. The average molecular weight is 268 g/mol. The second kappa shape index (κ2) is 5.48. The van der Waals surface area contributed by atoms with Gasteiger partial charge >= 0.3 is 0 Å². The highest BCUT2D eigenvalue weighted by Gasteiger charge is 2.22. The number of nitrogen functional groups attached to an aromatic ring is 1. The Morgan fingerprint density at radius 3 is 2.56 bits per heavy atom. The minimum absolute atomic E-state index is 0.210. The van der Waals surface area contributed by atoms with E-state index in [9.17, 15) is 4.79 Å². The zero-order chi connectivity index (χ0) is 13.1. The monoisotopic (exact) mass is 267 g/mol. The van der Waals surface area contributed by atoms with E-state index < -0.39 is 0 Å². The molecule has 0 bridgehead atoms. The lowest BCUT2D eigenvalue weighted by molar-refractivity contribution is -0.131. The number of carbonyl (C=O) groups is 1. The summed E-state index contributed by atoms with van der Waals surface area (Å²) in [5.74, 6) is 0.210. The van der Waals surface area contributed by atoms with Crippen LogP contribution in [0.5, 0.6) is 0 Å². The number of hydrogen-bond donors (Lipinski definition) is 1. The van der Waals surface area contributed by atoms with E-state index >= 15 is 0 Å². The number of amides is 1. The molecule has 1 aromatic rings. The van der Waals surface area contributed by atoms with Crippen LogP contribution in [0.15, 0.2) is 18.2 Å². The molecule has 0 atom stereocenters. The number of nitrogens with two attached hydrogens (primary N) is 1. The van der Waals surface area contributed by atoms with Crippen LogP contribution in [-0.2, 0) is 4.79 Å². The first-order valence-electron chi connectivity index (χ1n) is 6.20. The molecular formula is C13H18ClN3O. The van der Waals surface area contributed by atoms with Gasteiger partial charge in [-0.25, -0.2) is 0 Å². The van der Waals surface area contributed by atoms with Crippen LogP contribution < -0.4 is 10.6 Å². The van der Waals surface area contributed by atoms with Gasteiger partial charge in [0.05, 0.1) is 16.4 Å². The van der Waals surface area contributed by atoms with Gasteiger partial charge in [-0.05, 0) is 12.1 Å². The molecule has 1 aliphatic heterocycles. The van der Waals surface area contributed by atoms with Gasteiger partial charge in [0.15, 0.2) is 0 Å². The maximum atomic E-state index is 11.6. The third-order valence-corrected chi connectivity index (χ3v) is 3.57. The summed E-state index contributed by atoms with van der Waals surface area (Å²) in [6.07, 6.45) is 0.564. The minimum Gasteiger partial charge on any atom is -0.397 e. The predicted octanol–water partition coefficient (Wildman–Crippen LogP) is 1.98. The van der Waals surface area contributed by atoms with Crippen LogP contribution in [0.4, 0.5) is 11.4 Å². The molecule has 0 aliphatic carbocycles. The van der Waals surface area contributed by atoms with E-state index in [0.29, 0.717) is 17.1 Å². The van der Waals surface area contributed by atoms with E-state index in [4.69, 9.17) is 17.3 Å². The van der Waals surface area contributed by atoms with Crippen LogP contribution in [0, 0.1) is 0 Å². The van der Waals surface area contributed by atoms with Gasteiger partial charge in [-0.3, -0.25) is 4.79 Å². The van der Waals surface area contributed by atoms with E-state index in [1.807, 2.05) is 30.0 Å². The van der Waals surface area contributed by atoms with Gasteiger partial charge in [0.25, 0.3) is 0 Å². The molecular weight excluding hydrogens is 250 g/mol. The van der Waals surface area contributed by atoms with Crippen LogP contribution in [0.2, 0.25) is 5.02 Å². The molecule has 1 amide bonds. The Morgan fingerprint density at radius 1 is 1.33 bits per heavy atom. The summed E-state index contributed by atoms with van der Waals surface area (Å²) >= 11 is 6.19. The zero-order valence-electron chi connectivity index (χ0n) is 10.5. The summed E-state index contributed by atoms with van der Waals surface area (Å²) in [6.45, 7) is 4.91. The largest absolute Gasteiger partial charge is 0.397 e. The highest BCUT2D eigenvalue weighted by Crippen LogP contribution is 2.32. The molecule has 0 unspecified atom stereocenters. The molecule has 18 heavy (non-hydrogen) atoms. The summed E-state index contributed by atoms with van der Waals surface area (Å²) < 4.78 is 0. The molecule has 0 spiro atoms. The molecule has 0 radical (unpaired) electrons. The Labute approximate surface area is 112 Å². The topological polar surface area (TPSA) is 49.6 Å². The predicted molar refractivity (Wildman–Crippen MR) is 74.9 cm³/mol. The molecule has 1 aliphatic rings. The first kappa shape index (κ1) is 13.0. The average Bonchev–Trinajstić information content (AvgIpc) is 2.38. The number of hydrogen-bond acceptors (Lipinski definition) is 3. The van der Waals surface area contributed by atoms with Gasteiger partial charge < -0.3 is 15.5 Å². The van der Waals surface area contributed by atoms with Gasteiger partial charge in [-0.1, -0.05) is 24.6 Å². The molecule has 0 saturated carbocycles. The summed E-state index contributed by atoms with van der Waals surface area (Å²) in [7, 11) is 0. The maximum Gasteiger partial charge on any atom is 0.222 e. The third kappa shape index (κ3) is 2.53. The normalized spacial score (nSPS) is 15.9. The van der Waals surface area contributed by atoms with Crippen LogP contribution in [0.25, 0.3) is 0 Å². The van der Waals surface area contributed by atoms with Crippen molar-refractivity contribution in [2.24, 2.45) is 0 Å². The Hall–Kier alpha value is -1.42. The van der Waals surface area contributed by atoms with Gasteiger partial charge in [-0.2, -0.15) is 0 Å². The Bertz CT molecular complexity index is 422. The third-order valence-electron chi connectivity index (χ3n) is 3.27. The SMILES string of the molecule is CCC(=O)N1CCN(c2c(N)cccc2Cl)CC1. The highest BCUT2D eigenvalue weighted by molar-refractivity contribution is 6.34. The fraction of sp³-hybridized carbons (Fsp3) is 0.462. The number of nitrogens with zero attached hydrogens (tertiary/aromatic N) is 2. The maximum absolute atomic E-state index is 11.6. The molecule has 2 rings (SSSR count). The van der Waals surface area contributed by atoms with Crippen LogP contribution in [-0.4, -0.2) is 37.0 Å². The van der Waals surface area contributed by atoms with Crippen molar-refractivity contribution in [1.82, 2.24) is 4.90 Å². The summed E-state index contributed by atoms with van der Waals surface area (Å²) in [5, 5.41) is 0.672. The summed E-state index contributed by atoms with van der Waals surface area (Å²) in [6, 6.07) is 5.54. The van der Waals surface area contributed by atoms with Crippen molar-refractivity contribution >= 4 is 28.9 Å². The number of benzene rings is 1. The first-order valence-corrected chi connectivity index (χ1v) is 6.58. The van der Waals surface area contributed by atoms with E-state index in [-0.39, 0.29) is 5.91 Å². The second-order valence-electron chi connectivity index (χ2n) is 4.40. The van der Waals surface area contributed by atoms with Crippen molar-refractivity contribution in [3.05, 3.63) is 23.2 Å². The fourth-order valence-electron chi connectivity index (χ4n) is 2.27. The van der Waals surface area contributed by atoms with Gasteiger partial charge in [0.1, 0.15) is 0 Å². The van der Waals surface area contributed by atoms with E-state index in [0.717, 1.165) is 31.9 Å². The summed E-state index contributed by atoms with van der Waals surface area (Å²) in [5.41, 5.74) is 7.55. The van der Waals surface area contributed by atoms with E-state index in [1.165, 1.54) is 0 Å². The fourth-order valence-corrected chi connectivity index (χ4v) is 2.57. The number of halogens is 1. The zero-order valence-corrected chi connectivity index (χ0v) is 11.3. The lowest BCUT2D eigenvalue weighted by Gasteiger charge is -2.36. The quantitative estimate of drug-likeness (QED) is 0.834. The first-order chi connectivity index (χ1) is 8.63. The molecule has 4 nitrogen and oxygen atoms in total. The minimum atomic E-state index is 0.210. The van der Waals surface area contributed by atoms with Crippen LogP contribution in [0.3, 0.4) is 0 Å². The van der Waals surface area contributed by atoms with Crippen molar-refractivity contribution in [2.75, 3.05) is 36.8 Å².